The second kappa shape index (κ2) is 62.2. The summed E-state index contributed by atoms with van der Waals surface area (Å²) < 4.78 is 169. The SMILES string of the molecule is CNCOCCC(COP(=O)(O)OOOOOOOP(=O)(O)OOOOOOOP(=O)(O)OCCOCCOCCOCCOCCOCCO)OP(=O)(O)OCCOOOOO/C=C\OP(=O)(O)OCCOOOOO/C=C\OP(=O)(O)OCCOOOOO/C=C/OP(C)(=O)O. The van der Waals surface area contributed by atoms with Gasteiger partial charge in [-0.25, -0.2) is 46.6 Å². The van der Waals surface area contributed by atoms with Gasteiger partial charge in [0.15, 0.2) is 18.8 Å². The molecule has 0 heterocycles. The molecule has 0 aromatic carbocycles. The van der Waals surface area contributed by atoms with Gasteiger partial charge in [-0.2, -0.15) is 0 Å². The minimum atomic E-state index is -5.48. The standard InChI is InChI=1S/C31H66NO59P7/c1-32-30-53-5-3-31(29-67-97(44,45)89-85-81-79-83-87-91-98(46,47)90-86-82-78-80-84-88-96(42,43)66-22-15-52-14-13-51-12-11-50-10-9-49-8-7-48-6-4-33)68-95(40,41)65-28-21-59-74-77-73-58-20-27-64-94(38,39)63-26-19-57-72-76-71-56-18-25-62-93(36,37)61-24-17-55-70-75-69-54-16-23-60-92(2,34)35/h16,18,20,23,25,27,31-33H,3-15,17,19,21-22,24,26,28-30H2,1-2H3,(H,34,35)(H,36,37)(H,38,39)(H,40,41)(H,42,43)(H,44,45)(H,46,47)/b23-16+,25-18-,27-20-. The number of phosphoric acid groups is 6. The van der Waals surface area contributed by atoms with Crippen LogP contribution in [0.1, 0.15) is 6.42 Å². The highest BCUT2D eigenvalue weighted by molar-refractivity contribution is 7.52. The molecule has 0 saturated heterocycles. The molecule has 0 rings (SSSR count). The molecular weight excluding hydrogens is 1550 g/mol. The van der Waals surface area contributed by atoms with Crippen LogP contribution in [0.25, 0.3) is 0 Å². The van der Waals surface area contributed by atoms with Gasteiger partial charge in [0.1, 0.15) is 38.6 Å². The van der Waals surface area contributed by atoms with Gasteiger partial charge < -0.3 is 81.3 Å². The Balaban J connectivity index is 4.11. The van der Waals surface area contributed by atoms with Gasteiger partial charge in [0.05, 0.1) is 125 Å². The number of aliphatic hydroxyl groups is 1. The monoisotopic (exact) mass is 1610 g/mol. The van der Waals surface area contributed by atoms with Crippen molar-refractivity contribution in [1.82, 2.24) is 5.32 Å². The van der Waals surface area contributed by atoms with Gasteiger partial charge in [-0.1, -0.05) is 18.7 Å². The lowest BCUT2D eigenvalue weighted by Gasteiger charge is -2.21. The van der Waals surface area contributed by atoms with Crippen molar-refractivity contribution in [2.24, 2.45) is 0 Å². The van der Waals surface area contributed by atoms with Crippen molar-refractivity contribution in [3.8, 4) is 0 Å². The molecule has 0 saturated carbocycles. The van der Waals surface area contributed by atoms with Gasteiger partial charge in [0.2, 0.25) is 0 Å². The minimum Gasteiger partial charge on any atom is -0.429 e. The Morgan fingerprint density at radius 3 is 1.05 bits per heavy atom. The Labute approximate surface area is 546 Å². The van der Waals surface area contributed by atoms with E-state index < -0.39 is 113 Å². The third kappa shape index (κ3) is 70.8. The predicted molar refractivity (Wildman–Crippen MR) is 272 cm³/mol. The number of nitrogens with one attached hydrogen (secondary N) is 1. The van der Waals surface area contributed by atoms with E-state index in [2.05, 4.69) is 185 Å². The average molecular weight is 1610 g/mol. The highest BCUT2D eigenvalue weighted by atomic mass is 31.2. The maximum Gasteiger partial charge on any atom is 0.531 e. The largest absolute Gasteiger partial charge is 0.531 e. The van der Waals surface area contributed by atoms with Gasteiger partial charge >= 0.3 is 54.5 Å². The number of hydrogen-bond donors (Lipinski definition) is 9. The number of rotatable bonds is 77. The molecule has 0 aromatic heterocycles. The second-order valence-corrected chi connectivity index (χ2v) is 24.4. The van der Waals surface area contributed by atoms with Crippen molar-refractivity contribution >= 4 is 54.5 Å². The molecule has 0 amide bonds. The predicted octanol–water partition coefficient (Wildman–Crippen LogP) is 0.436. The molecule has 0 spiro atoms. The van der Waals surface area contributed by atoms with Crippen LogP contribution < -0.4 is 5.32 Å². The zero-order chi connectivity index (χ0) is 72.7. The van der Waals surface area contributed by atoms with Gasteiger partial charge in [-0.15, -0.1) is 0 Å². The number of hydrogen-bond acceptors (Lipinski definition) is 53. The Morgan fingerprint density at radius 2 is 0.653 bits per heavy atom. The van der Waals surface area contributed by atoms with Crippen LogP contribution in [-0.4, -0.2) is 198 Å². The Bertz CT molecular complexity index is 2320. The van der Waals surface area contributed by atoms with Crippen molar-refractivity contribution in [2.45, 2.75) is 12.5 Å². The van der Waals surface area contributed by atoms with Crippen molar-refractivity contribution in [1.29, 1.82) is 0 Å². The zero-order valence-electron chi connectivity index (χ0n) is 49.6. The molecule has 67 heteroatoms. The lowest BCUT2D eigenvalue weighted by atomic mass is 10.3. The normalized spacial score (nSPS) is 16.8. The summed E-state index contributed by atoms with van der Waals surface area (Å²) in [6.45, 7) is -2.71. The topological polar surface area (TPSA) is 699 Å². The lowest BCUT2D eigenvalue weighted by molar-refractivity contribution is -0.782. The fourth-order valence-corrected chi connectivity index (χ4v) is 7.38. The molecule has 0 aliphatic heterocycles. The summed E-state index contributed by atoms with van der Waals surface area (Å²) >= 11 is 0. The van der Waals surface area contributed by atoms with E-state index in [-0.39, 0.29) is 66.0 Å². The molecule has 8 unspecified atom stereocenters. The fraction of sp³-hybridized carbons (Fsp3) is 0.806. The van der Waals surface area contributed by atoms with Crippen LogP contribution in [0.2, 0.25) is 0 Å². The quantitative estimate of drug-likeness (QED) is 0.00996. The van der Waals surface area contributed by atoms with Gasteiger partial charge in [0.25, 0.3) is 0 Å². The lowest BCUT2D eigenvalue weighted by Crippen LogP contribution is -2.23. The van der Waals surface area contributed by atoms with E-state index in [9.17, 15) is 61.3 Å². The molecule has 0 radical (unpaired) electrons. The van der Waals surface area contributed by atoms with E-state index in [4.69, 9.17) is 42.9 Å². The highest BCUT2D eigenvalue weighted by Gasteiger charge is 2.32. The van der Waals surface area contributed by atoms with E-state index in [1.54, 1.807) is 0 Å². The number of phosphoric ester groups is 5. The maximum atomic E-state index is 12.5. The van der Waals surface area contributed by atoms with E-state index in [1.165, 1.54) is 7.05 Å². The highest BCUT2D eigenvalue weighted by Crippen LogP contribution is 2.49. The Hall–Kier alpha value is -2.25. The van der Waals surface area contributed by atoms with E-state index >= 15 is 0 Å². The summed E-state index contributed by atoms with van der Waals surface area (Å²) in [4.78, 5) is 92.1. The molecule has 8 atom stereocenters. The van der Waals surface area contributed by atoms with Crippen LogP contribution in [0.3, 0.4) is 0 Å². The average Bonchev–Trinajstić information content (AvgIpc) is 1.32. The molecular formula is C31H66NO59P7. The molecule has 0 aromatic rings. The van der Waals surface area contributed by atoms with Crippen LogP contribution in [-0.2, 0) is 245 Å². The van der Waals surface area contributed by atoms with Gasteiger partial charge in [-0.3, -0.25) is 47.1 Å². The zero-order valence-corrected chi connectivity index (χ0v) is 55.9. The molecule has 98 heavy (non-hydrogen) atoms. The third-order valence-electron chi connectivity index (χ3n) is 7.13. The van der Waals surface area contributed by atoms with Crippen LogP contribution in [0, 0.1) is 0 Å². The first-order valence-corrected chi connectivity index (χ1v) is 35.9. The summed E-state index contributed by atoms with van der Waals surface area (Å²) in [5.41, 5.74) is 0. The third-order valence-corrected chi connectivity index (χ3v) is 12.5. The minimum absolute atomic E-state index is 0.0287. The molecule has 584 valence electrons. The van der Waals surface area contributed by atoms with Crippen molar-refractivity contribution < 1.29 is 284 Å². The van der Waals surface area contributed by atoms with E-state index in [0.717, 1.165) is 6.66 Å². The molecule has 0 aliphatic carbocycles. The fourth-order valence-electron chi connectivity index (χ4n) is 3.88. The van der Waals surface area contributed by atoms with E-state index in [1.807, 2.05) is 0 Å². The number of aliphatic hydroxyl groups excluding tert-OH is 1. The van der Waals surface area contributed by atoms with Crippen LogP contribution in [0.4, 0.5) is 0 Å². The maximum absolute atomic E-state index is 12.5. The summed E-state index contributed by atoms with van der Waals surface area (Å²) in [5, 5.41) is 82.6. The first-order chi connectivity index (χ1) is 46.7. The first kappa shape index (κ1) is 95.8. The summed E-state index contributed by atoms with van der Waals surface area (Å²) in [6, 6.07) is 0. The second-order valence-electron chi connectivity index (χ2n) is 14.4. The van der Waals surface area contributed by atoms with Crippen LogP contribution >= 0.6 is 54.5 Å². The summed E-state index contributed by atoms with van der Waals surface area (Å²) in [6.07, 6.45) is 1.23. The van der Waals surface area contributed by atoms with Crippen molar-refractivity contribution in [3.05, 3.63) is 37.6 Å². The van der Waals surface area contributed by atoms with E-state index in [0.29, 0.717) is 64.0 Å². The molecule has 0 bridgehead atoms. The molecule has 9 N–H and O–H groups in total. The molecule has 0 aliphatic rings. The van der Waals surface area contributed by atoms with Crippen molar-refractivity contribution in [3.63, 3.8) is 0 Å². The van der Waals surface area contributed by atoms with Gasteiger partial charge in [0, 0.05) is 36.9 Å². The Morgan fingerprint density at radius 1 is 0.327 bits per heavy atom. The van der Waals surface area contributed by atoms with Crippen molar-refractivity contribution in [2.75, 3.05) is 153 Å². The van der Waals surface area contributed by atoms with Gasteiger partial charge in [-0.05, 0) is 79.0 Å². The number of ether oxygens (including phenoxy) is 6. The van der Waals surface area contributed by atoms with Crippen LogP contribution in [0.15, 0.2) is 37.6 Å². The molecule has 0 fully saturated rings. The first-order valence-electron chi connectivity index (χ1n) is 24.9. The molecule has 60 nitrogen and oxygen atoms in total. The smallest absolute Gasteiger partial charge is 0.429 e. The summed E-state index contributed by atoms with van der Waals surface area (Å²) in [5.74, 6) is 0. The Kier molecular flexibility index (Phi) is 60.7. The van der Waals surface area contributed by atoms with Crippen LogP contribution in [0.5, 0.6) is 0 Å². The summed E-state index contributed by atoms with van der Waals surface area (Å²) in [7, 11) is -32.6.